The number of quaternary nitrogens is 1. The molecule has 2 aromatic heterocycles. The largest absolute Gasteiger partial charge is 0.496 e. The fourth-order valence-electron chi connectivity index (χ4n) is 3.04. The zero-order valence-electron chi connectivity index (χ0n) is 14.5. The van der Waals surface area contributed by atoms with Gasteiger partial charge < -0.3 is 9.64 Å². The Morgan fingerprint density at radius 2 is 2.00 bits per heavy atom. The summed E-state index contributed by atoms with van der Waals surface area (Å²) in [6.07, 6.45) is 0. The Balaban J connectivity index is 1.84. The Kier molecular flexibility index (Phi) is 5.20. The molecule has 130 valence electrons. The summed E-state index contributed by atoms with van der Waals surface area (Å²) in [5, 5.41) is 0. The van der Waals surface area contributed by atoms with E-state index >= 15 is 0 Å². The zero-order valence-corrected chi connectivity index (χ0v) is 16.1. The van der Waals surface area contributed by atoms with Gasteiger partial charge in [-0.3, -0.25) is 9.20 Å². The lowest BCUT2D eigenvalue weighted by atomic mass is 10.2. The van der Waals surface area contributed by atoms with Crippen molar-refractivity contribution in [1.29, 1.82) is 0 Å². The minimum atomic E-state index is -0.0362. The molecule has 0 saturated carbocycles. The standard InChI is InChI=1S/C19H20BrN3O2/c1-13-5-4-6-18-21-16(10-19(24)23(13)18)12-22(2)11-14-9-15(20)7-8-17(14)25-3/h4-10H,11-12H2,1-3H3/p+1. The predicted octanol–water partition coefficient (Wildman–Crippen LogP) is 1.99. The van der Waals surface area contributed by atoms with Crippen LogP contribution in [0.5, 0.6) is 5.75 Å². The number of nitrogens with one attached hydrogen (secondary N) is 1. The van der Waals surface area contributed by atoms with Gasteiger partial charge in [-0.25, -0.2) is 4.98 Å². The summed E-state index contributed by atoms with van der Waals surface area (Å²) in [6.45, 7) is 3.35. The summed E-state index contributed by atoms with van der Waals surface area (Å²) in [7, 11) is 3.76. The van der Waals surface area contributed by atoms with Gasteiger partial charge in [0.05, 0.1) is 14.2 Å². The zero-order chi connectivity index (χ0) is 18.0. The smallest absolute Gasteiger partial charge is 0.258 e. The summed E-state index contributed by atoms with van der Waals surface area (Å²) >= 11 is 3.50. The molecular weight excluding hydrogens is 382 g/mol. The quantitative estimate of drug-likeness (QED) is 0.709. The summed E-state index contributed by atoms with van der Waals surface area (Å²) in [5.74, 6) is 0.865. The van der Waals surface area contributed by atoms with Gasteiger partial charge in [0.15, 0.2) is 0 Å². The summed E-state index contributed by atoms with van der Waals surface area (Å²) in [5.41, 5.74) is 3.45. The monoisotopic (exact) mass is 402 g/mol. The van der Waals surface area contributed by atoms with Crippen molar-refractivity contribution in [3.63, 3.8) is 0 Å². The number of ether oxygens (including phenoxy) is 1. The lowest BCUT2D eigenvalue weighted by Gasteiger charge is -2.16. The van der Waals surface area contributed by atoms with E-state index in [2.05, 4.69) is 34.0 Å². The first kappa shape index (κ1) is 17.6. The number of nitrogens with zero attached hydrogens (tertiary/aromatic N) is 2. The van der Waals surface area contributed by atoms with Crippen LogP contribution in [0.15, 0.2) is 51.7 Å². The van der Waals surface area contributed by atoms with Crippen LogP contribution in [0.2, 0.25) is 0 Å². The minimum Gasteiger partial charge on any atom is -0.496 e. The molecule has 6 heteroatoms. The van der Waals surface area contributed by atoms with Crippen molar-refractivity contribution in [1.82, 2.24) is 9.38 Å². The van der Waals surface area contributed by atoms with Crippen LogP contribution < -0.4 is 15.2 Å². The van der Waals surface area contributed by atoms with Crippen LogP contribution in [-0.2, 0) is 13.1 Å². The molecule has 0 spiro atoms. The molecule has 1 atom stereocenters. The van der Waals surface area contributed by atoms with Crippen LogP contribution >= 0.6 is 15.9 Å². The van der Waals surface area contributed by atoms with E-state index < -0.39 is 0 Å². The van der Waals surface area contributed by atoms with Crippen LogP contribution in [0.4, 0.5) is 0 Å². The van der Waals surface area contributed by atoms with Crippen LogP contribution in [0.3, 0.4) is 0 Å². The number of hydrogen-bond acceptors (Lipinski definition) is 3. The summed E-state index contributed by atoms with van der Waals surface area (Å²) in [4.78, 5) is 18.3. The van der Waals surface area contributed by atoms with Gasteiger partial charge in [-0.15, -0.1) is 0 Å². The molecule has 3 aromatic rings. The summed E-state index contributed by atoms with van der Waals surface area (Å²) < 4.78 is 8.10. The van der Waals surface area contributed by atoms with Crippen molar-refractivity contribution in [3.8, 4) is 5.75 Å². The van der Waals surface area contributed by atoms with Gasteiger partial charge in [0, 0.05) is 21.8 Å². The van der Waals surface area contributed by atoms with Crippen molar-refractivity contribution in [2.75, 3.05) is 14.2 Å². The topological polar surface area (TPSA) is 48.0 Å². The Labute approximate surface area is 155 Å². The van der Waals surface area contributed by atoms with Crippen LogP contribution in [0, 0.1) is 6.92 Å². The molecule has 1 unspecified atom stereocenters. The molecule has 0 saturated heterocycles. The van der Waals surface area contributed by atoms with Gasteiger partial charge in [0.25, 0.3) is 5.56 Å². The predicted molar refractivity (Wildman–Crippen MR) is 101 cm³/mol. The van der Waals surface area contributed by atoms with E-state index in [1.807, 2.05) is 37.3 Å². The third kappa shape index (κ3) is 3.91. The normalized spacial score (nSPS) is 12.3. The van der Waals surface area contributed by atoms with Crippen molar-refractivity contribution in [3.05, 3.63) is 74.2 Å². The maximum atomic E-state index is 12.4. The SMILES string of the molecule is COc1ccc(Br)cc1C[NH+](C)Cc1cc(=O)n2c(C)cccc2n1. The van der Waals surface area contributed by atoms with E-state index in [0.717, 1.165) is 33.7 Å². The van der Waals surface area contributed by atoms with E-state index in [9.17, 15) is 4.79 Å². The first-order valence-electron chi connectivity index (χ1n) is 8.10. The number of pyridine rings is 1. The van der Waals surface area contributed by atoms with E-state index in [1.165, 1.54) is 4.90 Å². The third-order valence-corrected chi connectivity index (χ3v) is 4.64. The van der Waals surface area contributed by atoms with E-state index in [4.69, 9.17) is 4.74 Å². The van der Waals surface area contributed by atoms with Gasteiger partial charge in [-0.1, -0.05) is 22.0 Å². The molecule has 2 heterocycles. The molecule has 0 aliphatic rings. The highest BCUT2D eigenvalue weighted by Crippen LogP contribution is 2.22. The number of halogens is 1. The molecule has 0 aliphatic carbocycles. The molecule has 0 aliphatic heterocycles. The first-order valence-corrected chi connectivity index (χ1v) is 8.89. The molecule has 3 rings (SSSR count). The average Bonchev–Trinajstić information content (AvgIpc) is 2.54. The molecule has 0 amide bonds. The van der Waals surface area contributed by atoms with Crippen molar-refractivity contribution >= 4 is 21.6 Å². The van der Waals surface area contributed by atoms with E-state index in [-0.39, 0.29) is 5.56 Å². The highest BCUT2D eigenvalue weighted by molar-refractivity contribution is 9.10. The number of benzene rings is 1. The average molecular weight is 403 g/mol. The number of rotatable bonds is 5. The molecule has 25 heavy (non-hydrogen) atoms. The number of aromatic nitrogens is 2. The number of methoxy groups -OCH3 is 1. The third-order valence-electron chi connectivity index (χ3n) is 4.15. The Morgan fingerprint density at radius 1 is 1.20 bits per heavy atom. The lowest BCUT2D eigenvalue weighted by molar-refractivity contribution is -0.908. The van der Waals surface area contributed by atoms with E-state index in [1.54, 1.807) is 17.6 Å². The van der Waals surface area contributed by atoms with E-state index in [0.29, 0.717) is 12.2 Å². The maximum absolute atomic E-state index is 12.4. The highest BCUT2D eigenvalue weighted by atomic mass is 79.9. The van der Waals surface area contributed by atoms with Crippen LogP contribution in [-0.4, -0.2) is 23.5 Å². The fraction of sp³-hybridized carbons (Fsp3) is 0.263. The van der Waals surface area contributed by atoms with Gasteiger partial charge in [0.2, 0.25) is 0 Å². The van der Waals surface area contributed by atoms with Crippen LogP contribution in [0.25, 0.3) is 5.65 Å². The summed E-state index contributed by atoms with van der Waals surface area (Å²) in [6, 6.07) is 13.3. The second kappa shape index (κ2) is 7.37. The van der Waals surface area contributed by atoms with Gasteiger partial charge in [-0.2, -0.15) is 0 Å². The Morgan fingerprint density at radius 3 is 2.76 bits per heavy atom. The fourth-order valence-corrected chi connectivity index (χ4v) is 3.44. The Hall–Kier alpha value is -2.18. The second-order valence-electron chi connectivity index (χ2n) is 6.21. The molecule has 1 N–H and O–H groups in total. The number of fused-ring (bicyclic) bond motifs is 1. The molecule has 0 fully saturated rings. The highest BCUT2D eigenvalue weighted by Gasteiger charge is 2.13. The second-order valence-corrected chi connectivity index (χ2v) is 7.13. The van der Waals surface area contributed by atoms with Gasteiger partial charge in [0.1, 0.15) is 30.2 Å². The molecule has 1 aromatic carbocycles. The first-order chi connectivity index (χ1) is 12.0. The number of hydrogen-bond donors (Lipinski definition) is 1. The number of aryl methyl sites for hydroxylation is 1. The van der Waals surface area contributed by atoms with Gasteiger partial charge in [-0.05, 0) is 37.3 Å². The van der Waals surface area contributed by atoms with Crippen LogP contribution in [0.1, 0.15) is 17.0 Å². The molecular formula is C19H21BrN3O2+. The molecule has 5 nitrogen and oxygen atoms in total. The van der Waals surface area contributed by atoms with Crippen molar-refractivity contribution in [2.24, 2.45) is 0 Å². The molecule has 0 bridgehead atoms. The van der Waals surface area contributed by atoms with Crippen molar-refractivity contribution in [2.45, 2.75) is 20.0 Å². The van der Waals surface area contributed by atoms with Gasteiger partial charge >= 0.3 is 0 Å². The lowest BCUT2D eigenvalue weighted by Crippen LogP contribution is -3.06. The molecule has 0 radical (unpaired) electrons. The maximum Gasteiger partial charge on any atom is 0.258 e. The van der Waals surface area contributed by atoms with Crippen molar-refractivity contribution < 1.29 is 9.64 Å². The minimum absolute atomic E-state index is 0.0362. The Bertz CT molecular complexity index is 969.